The molecule has 0 saturated carbocycles. The lowest BCUT2D eigenvalue weighted by molar-refractivity contribution is -0.143. The van der Waals surface area contributed by atoms with Crippen molar-refractivity contribution in [2.75, 3.05) is 13.1 Å². The minimum absolute atomic E-state index is 0.146. The first-order chi connectivity index (χ1) is 11.6. The number of rotatable bonds is 5. The summed E-state index contributed by atoms with van der Waals surface area (Å²) in [5, 5.41) is 9.04. The standard InChI is InChI=1S/C18H19NO4S/c20-17(19-9-6-13(7-10-19)18(21)22)16-14(8-11-23-16)12-24-15-4-2-1-3-5-15/h1-5,8,11,13H,6-7,9-10,12H2,(H,21,22). The third-order valence-corrected chi connectivity index (χ3v) is 5.27. The number of aliphatic carboxylic acids is 1. The third-order valence-electron chi connectivity index (χ3n) is 4.21. The fourth-order valence-corrected chi connectivity index (χ4v) is 3.69. The van der Waals surface area contributed by atoms with Gasteiger partial charge in [0.15, 0.2) is 5.76 Å². The molecule has 2 heterocycles. The minimum Gasteiger partial charge on any atom is -0.481 e. The number of carbonyl (C=O) groups is 2. The van der Waals surface area contributed by atoms with E-state index in [2.05, 4.69) is 0 Å². The van der Waals surface area contributed by atoms with Crippen molar-refractivity contribution in [1.82, 2.24) is 4.90 Å². The Morgan fingerprint density at radius 1 is 1.17 bits per heavy atom. The molecule has 0 spiro atoms. The van der Waals surface area contributed by atoms with Crippen molar-refractivity contribution >= 4 is 23.6 Å². The number of carbonyl (C=O) groups excluding carboxylic acids is 1. The van der Waals surface area contributed by atoms with Crippen molar-refractivity contribution in [2.45, 2.75) is 23.5 Å². The van der Waals surface area contributed by atoms with E-state index in [9.17, 15) is 9.59 Å². The molecule has 0 unspecified atom stereocenters. The van der Waals surface area contributed by atoms with Crippen LogP contribution in [-0.4, -0.2) is 35.0 Å². The minimum atomic E-state index is -0.778. The van der Waals surface area contributed by atoms with Crippen LogP contribution in [0.2, 0.25) is 0 Å². The Kier molecular flexibility index (Phi) is 5.25. The molecule has 1 fully saturated rings. The highest BCUT2D eigenvalue weighted by Gasteiger charge is 2.29. The number of thioether (sulfide) groups is 1. The highest BCUT2D eigenvalue weighted by Crippen LogP contribution is 2.26. The monoisotopic (exact) mass is 345 g/mol. The topological polar surface area (TPSA) is 70.8 Å². The lowest BCUT2D eigenvalue weighted by atomic mass is 9.97. The Morgan fingerprint density at radius 3 is 2.54 bits per heavy atom. The van der Waals surface area contributed by atoms with E-state index in [0.717, 1.165) is 10.5 Å². The van der Waals surface area contributed by atoms with Gasteiger partial charge in [-0.05, 0) is 31.0 Å². The number of carboxylic acid groups (broad SMARTS) is 1. The van der Waals surface area contributed by atoms with Crippen molar-refractivity contribution in [1.29, 1.82) is 0 Å². The number of piperidine rings is 1. The van der Waals surface area contributed by atoms with Gasteiger partial charge in [-0.25, -0.2) is 0 Å². The molecule has 1 aliphatic rings. The second-order valence-corrected chi connectivity index (χ2v) is 6.83. The summed E-state index contributed by atoms with van der Waals surface area (Å²) in [6.45, 7) is 0.920. The second-order valence-electron chi connectivity index (χ2n) is 5.78. The lowest BCUT2D eigenvalue weighted by Crippen LogP contribution is -2.40. The fourth-order valence-electron chi connectivity index (χ4n) is 2.79. The summed E-state index contributed by atoms with van der Waals surface area (Å²) >= 11 is 1.65. The predicted molar refractivity (Wildman–Crippen MR) is 91.0 cm³/mol. The maximum absolute atomic E-state index is 12.6. The molecule has 1 saturated heterocycles. The molecule has 6 heteroatoms. The molecule has 1 aliphatic heterocycles. The highest BCUT2D eigenvalue weighted by molar-refractivity contribution is 7.98. The van der Waals surface area contributed by atoms with Gasteiger partial charge in [0.2, 0.25) is 0 Å². The SMILES string of the molecule is O=C(O)C1CCN(C(=O)c2occc2CSc2ccccc2)CC1. The van der Waals surface area contributed by atoms with Crippen molar-refractivity contribution < 1.29 is 19.1 Å². The molecule has 126 valence electrons. The molecular weight excluding hydrogens is 326 g/mol. The van der Waals surface area contributed by atoms with Crippen LogP contribution in [0.1, 0.15) is 29.0 Å². The van der Waals surface area contributed by atoms with Crippen molar-refractivity contribution in [3.05, 3.63) is 54.0 Å². The van der Waals surface area contributed by atoms with Gasteiger partial charge in [-0.15, -0.1) is 11.8 Å². The Balaban J connectivity index is 1.62. The van der Waals surface area contributed by atoms with Crippen LogP contribution in [-0.2, 0) is 10.5 Å². The van der Waals surface area contributed by atoms with Gasteiger partial charge in [-0.3, -0.25) is 9.59 Å². The van der Waals surface area contributed by atoms with E-state index < -0.39 is 5.97 Å². The number of amides is 1. The van der Waals surface area contributed by atoms with E-state index in [0.29, 0.717) is 37.4 Å². The molecule has 0 bridgehead atoms. The van der Waals surface area contributed by atoms with Crippen LogP contribution in [0.5, 0.6) is 0 Å². The zero-order valence-corrected chi connectivity index (χ0v) is 14.0. The number of hydrogen-bond donors (Lipinski definition) is 1. The molecule has 0 aliphatic carbocycles. The van der Waals surface area contributed by atoms with Crippen LogP contribution < -0.4 is 0 Å². The molecular formula is C18H19NO4S. The van der Waals surface area contributed by atoms with Gasteiger partial charge in [0, 0.05) is 29.3 Å². The van der Waals surface area contributed by atoms with Gasteiger partial charge in [0.25, 0.3) is 5.91 Å². The van der Waals surface area contributed by atoms with E-state index in [4.69, 9.17) is 9.52 Å². The van der Waals surface area contributed by atoms with Crippen LogP contribution in [0.3, 0.4) is 0 Å². The number of furan rings is 1. The normalized spacial score (nSPS) is 15.4. The summed E-state index contributed by atoms with van der Waals surface area (Å²) in [7, 11) is 0. The van der Waals surface area contributed by atoms with E-state index in [1.165, 1.54) is 6.26 Å². The number of carboxylic acids is 1. The van der Waals surface area contributed by atoms with Crippen molar-refractivity contribution in [2.24, 2.45) is 5.92 Å². The van der Waals surface area contributed by atoms with E-state index >= 15 is 0 Å². The summed E-state index contributed by atoms with van der Waals surface area (Å²) in [5.41, 5.74) is 0.870. The Bertz CT molecular complexity index is 705. The quantitative estimate of drug-likeness (QED) is 0.840. The smallest absolute Gasteiger partial charge is 0.306 e. The molecule has 5 nitrogen and oxygen atoms in total. The van der Waals surface area contributed by atoms with Gasteiger partial charge in [0.1, 0.15) is 0 Å². The number of nitrogens with zero attached hydrogens (tertiary/aromatic N) is 1. The first-order valence-electron chi connectivity index (χ1n) is 7.91. The van der Waals surface area contributed by atoms with E-state index in [-0.39, 0.29) is 11.8 Å². The Morgan fingerprint density at radius 2 is 1.88 bits per heavy atom. The van der Waals surface area contributed by atoms with Gasteiger partial charge in [-0.2, -0.15) is 0 Å². The van der Waals surface area contributed by atoms with Crippen molar-refractivity contribution in [3.8, 4) is 0 Å². The predicted octanol–water partition coefficient (Wildman–Crippen LogP) is 3.51. The summed E-state index contributed by atoms with van der Waals surface area (Å²) in [4.78, 5) is 26.5. The van der Waals surface area contributed by atoms with Crippen molar-refractivity contribution in [3.63, 3.8) is 0 Å². The first kappa shape index (κ1) is 16.6. The largest absolute Gasteiger partial charge is 0.481 e. The molecule has 1 amide bonds. The zero-order valence-electron chi connectivity index (χ0n) is 13.2. The maximum Gasteiger partial charge on any atom is 0.306 e. The van der Waals surface area contributed by atoms with Gasteiger partial charge >= 0.3 is 5.97 Å². The summed E-state index contributed by atoms with van der Waals surface area (Å²) in [6, 6.07) is 11.8. The molecule has 0 atom stereocenters. The number of hydrogen-bond acceptors (Lipinski definition) is 4. The maximum atomic E-state index is 12.6. The van der Waals surface area contributed by atoms with Crippen LogP contribution >= 0.6 is 11.8 Å². The van der Waals surface area contributed by atoms with Crippen LogP contribution in [0.25, 0.3) is 0 Å². The number of benzene rings is 1. The molecule has 1 aromatic heterocycles. The fraction of sp³-hybridized carbons (Fsp3) is 0.333. The summed E-state index contributed by atoms with van der Waals surface area (Å²) in [6.07, 6.45) is 2.53. The van der Waals surface area contributed by atoms with E-state index in [1.807, 2.05) is 36.4 Å². The van der Waals surface area contributed by atoms with Gasteiger partial charge in [0.05, 0.1) is 12.2 Å². The average molecular weight is 345 g/mol. The summed E-state index contributed by atoms with van der Waals surface area (Å²) in [5.74, 6) is -0.244. The van der Waals surface area contributed by atoms with E-state index in [1.54, 1.807) is 16.7 Å². The Labute approximate surface area is 144 Å². The van der Waals surface area contributed by atoms with Gasteiger partial charge < -0.3 is 14.4 Å². The lowest BCUT2D eigenvalue weighted by Gasteiger charge is -2.29. The van der Waals surface area contributed by atoms with Crippen LogP contribution in [0.15, 0.2) is 52.0 Å². The highest BCUT2D eigenvalue weighted by atomic mass is 32.2. The second kappa shape index (κ2) is 7.57. The average Bonchev–Trinajstić information content (AvgIpc) is 3.09. The third kappa shape index (κ3) is 3.82. The van der Waals surface area contributed by atoms with Gasteiger partial charge in [-0.1, -0.05) is 18.2 Å². The Hall–Kier alpha value is -2.21. The molecule has 1 aromatic carbocycles. The van der Waals surface area contributed by atoms with Crippen LogP contribution in [0, 0.1) is 5.92 Å². The summed E-state index contributed by atoms with van der Waals surface area (Å²) < 4.78 is 5.42. The molecule has 24 heavy (non-hydrogen) atoms. The molecule has 0 radical (unpaired) electrons. The number of likely N-dealkylation sites (tertiary alicyclic amines) is 1. The molecule has 2 aromatic rings. The van der Waals surface area contributed by atoms with Crippen LogP contribution in [0.4, 0.5) is 0 Å². The molecule has 3 rings (SSSR count). The first-order valence-corrected chi connectivity index (χ1v) is 8.90. The molecule has 1 N–H and O–H groups in total. The zero-order chi connectivity index (χ0) is 16.9.